The standard InChI is InChI=1S/C17H23AsN4O/c1-4-9-19-16-21-13-14(22(16)10-17(2,3)23)11-7-5-6-8-12(11)20-15(13)18/h5-8,23H,4,9-10,18H2,1-3H3,(H,19,21). The normalized spacial score (nSPS) is 12.2. The first-order chi connectivity index (χ1) is 10.9. The van der Waals surface area contributed by atoms with Gasteiger partial charge in [0, 0.05) is 0 Å². The Bertz CT molecular complexity index is 851. The van der Waals surface area contributed by atoms with E-state index in [1.165, 1.54) is 16.9 Å². The molecule has 122 valence electrons. The van der Waals surface area contributed by atoms with Crippen molar-refractivity contribution >= 4 is 49.2 Å². The fourth-order valence-corrected chi connectivity index (χ4v) is 3.49. The Kier molecular flexibility index (Phi) is 4.34. The predicted octanol–water partition coefficient (Wildman–Crippen LogP) is 1.44. The molecule has 0 spiro atoms. The number of imidazole rings is 1. The summed E-state index contributed by atoms with van der Waals surface area (Å²) in [6.45, 7) is 7.10. The Hall–Kier alpha value is -1.58. The molecule has 2 aromatic heterocycles. The van der Waals surface area contributed by atoms with E-state index >= 15 is 0 Å². The van der Waals surface area contributed by atoms with Gasteiger partial charge in [0.05, 0.1) is 0 Å². The van der Waals surface area contributed by atoms with Crippen molar-refractivity contribution in [3.63, 3.8) is 0 Å². The van der Waals surface area contributed by atoms with Crippen LogP contribution < -0.4 is 9.80 Å². The molecule has 2 heterocycles. The van der Waals surface area contributed by atoms with Crippen LogP contribution in [0.3, 0.4) is 0 Å². The quantitative estimate of drug-likeness (QED) is 0.664. The number of anilines is 1. The van der Waals surface area contributed by atoms with Crippen LogP contribution in [0.5, 0.6) is 0 Å². The van der Waals surface area contributed by atoms with E-state index in [1.807, 2.05) is 32.0 Å². The molecule has 6 heteroatoms. The van der Waals surface area contributed by atoms with E-state index < -0.39 is 5.60 Å². The number of pyridine rings is 1. The molecule has 0 saturated heterocycles. The Morgan fingerprint density at radius 2 is 2.00 bits per heavy atom. The van der Waals surface area contributed by atoms with Gasteiger partial charge in [0.1, 0.15) is 0 Å². The zero-order valence-electron chi connectivity index (χ0n) is 13.8. The second-order valence-corrected chi connectivity index (χ2v) is 7.62. The van der Waals surface area contributed by atoms with Crippen molar-refractivity contribution in [3.8, 4) is 0 Å². The van der Waals surface area contributed by atoms with Gasteiger partial charge in [0.2, 0.25) is 0 Å². The van der Waals surface area contributed by atoms with Crippen LogP contribution >= 0.6 is 0 Å². The molecule has 0 radical (unpaired) electrons. The van der Waals surface area contributed by atoms with Crippen molar-refractivity contribution in [2.24, 2.45) is 0 Å². The average Bonchev–Trinajstić information content (AvgIpc) is 2.83. The summed E-state index contributed by atoms with van der Waals surface area (Å²) in [5.74, 6) is 0.807. The molecule has 0 aliphatic rings. The number of para-hydroxylation sites is 1. The molecular weight excluding hydrogens is 351 g/mol. The van der Waals surface area contributed by atoms with Crippen molar-refractivity contribution in [3.05, 3.63) is 24.3 Å². The zero-order valence-corrected chi connectivity index (χ0v) is 16.2. The van der Waals surface area contributed by atoms with Gasteiger partial charge in [-0.3, -0.25) is 0 Å². The van der Waals surface area contributed by atoms with E-state index in [9.17, 15) is 5.11 Å². The number of aromatic nitrogens is 3. The van der Waals surface area contributed by atoms with E-state index in [0.29, 0.717) is 6.54 Å². The summed E-state index contributed by atoms with van der Waals surface area (Å²) in [5.41, 5.74) is 2.13. The molecule has 1 unspecified atom stereocenters. The van der Waals surface area contributed by atoms with Gasteiger partial charge in [-0.1, -0.05) is 0 Å². The molecule has 0 aliphatic heterocycles. The van der Waals surface area contributed by atoms with E-state index in [2.05, 4.69) is 22.9 Å². The van der Waals surface area contributed by atoms with Crippen LogP contribution in [0.1, 0.15) is 27.2 Å². The van der Waals surface area contributed by atoms with Gasteiger partial charge in [-0.15, -0.1) is 0 Å². The van der Waals surface area contributed by atoms with Gasteiger partial charge >= 0.3 is 144 Å². The number of rotatable bonds is 5. The molecule has 3 rings (SSSR count). The second-order valence-electron chi connectivity index (χ2n) is 6.47. The SMILES string of the molecule is CCCNc1nc2c([AsH2])nc3ccccc3c2n1CC(C)(C)O. The van der Waals surface area contributed by atoms with Crippen LogP contribution in [-0.4, -0.2) is 48.6 Å². The zero-order chi connectivity index (χ0) is 16.6. The average molecular weight is 374 g/mol. The summed E-state index contributed by atoms with van der Waals surface area (Å²) in [6.07, 6.45) is 1.02. The van der Waals surface area contributed by atoms with Crippen molar-refractivity contribution in [2.75, 3.05) is 11.9 Å². The number of hydrogen-bond acceptors (Lipinski definition) is 4. The van der Waals surface area contributed by atoms with Gasteiger partial charge in [-0.25, -0.2) is 0 Å². The fourth-order valence-electron chi connectivity index (χ4n) is 2.77. The number of benzene rings is 1. The third-order valence-electron chi connectivity index (χ3n) is 3.69. The molecule has 0 amide bonds. The molecule has 1 aromatic carbocycles. The number of aliphatic hydroxyl groups is 1. The third kappa shape index (κ3) is 3.21. The van der Waals surface area contributed by atoms with Crippen LogP contribution in [0.15, 0.2) is 24.3 Å². The van der Waals surface area contributed by atoms with E-state index in [1.54, 1.807) is 0 Å². The molecule has 0 saturated carbocycles. The predicted molar refractivity (Wildman–Crippen MR) is 98.3 cm³/mol. The monoisotopic (exact) mass is 374 g/mol. The van der Waals surface area contributed by atoms with Gasteiger partial charge < -0.3 is 0 Å². The first-order valence-electron chi connectivity index (χ1n) is 7.91. The van der Waals surface area contributed by atoms with E-state index in [-0.39, 0.29) is 0 Å². The maximum absolute atomic E-state index is 10.4. The van der Waals surface area contributed by atoms with Crippen molar-refractivity contribution in [1.82, 2.24) is 14.5 Å². The first-order valence-corrected chi connectivity index (χ1v) is 9.12. The number of nitrogens with one attached hydrogen (secondary N) is 1. The Balaban J connectivity index is 2.32. The maximum atomic E-state index is 10.4. The molecule has 0 bridgehead atoms. The second kappa shape index (κ2) is 6.14. The van der Waals surface area contributed by atoms with Crippen LogP contribution in [0.25, 0.3) is 21.9 Å². The fraction of sp³-hybridized carbons (Fsp3) is 0.412. The van der Waals surface area contributed by atoms with E-state index in [4.69, 9.17) is 9.97 Å². The summed E-state index contributed by atoms with van der Waals surface area (Å²) < 4.78 is 3.07. The Morgan fingerprint density at radius 1 is 1.26 bits per heavy atom. The van der Waals surface area contributed by atoms with Crippen LogP contribution in [0.2, 0.25) is 0 Å². The van der Waals surface area contributed by atoms with Crippen LogP contribution in [0.4, 0.5) is 5.95 Å². The Morgan fingerprint density at radius 3 is 2.70 bits per heavy atom. The summed E-state index contributed by atoms with van der Waals surface area (Å²) in [4.78, 5) is 9.47. The topological polar surface area (TPSA) is 63.0 Å². The minimum atomic E-state index is -0.820. The van der Waals surface area contributed by atoms with E-state index in [0.717, 1.165) is 45.3 Å². The molecule has 5 nitrogen and oxygen atoms in total. The number of hydrogen-bond donors (Lipinski definition) is 2. The van der Waals surface area contributed by atoms with Gasteiger partial charge in [0.15, 0.2) is 0 Å². The summed E-state index contributed by atoms with van der Waals surface area (Å²) in [7, 11) is 0. The molecule has 23 heavy (non-hydrogen) atoms. The van der Waals surface area contributed by atoms with Gasteiger partial charge in [-0.05, 0) is 0 Å². The van der Waals surface area contributed by atoms with Crippen LogP contribution in [0, 0.1) is 0 Å². The van der Waals surface area contributed by atoms with Crippen molar-refractivity contribution in [1.29, 1.82) is 0 Å². The third-order valence-corrected chi connectivity index (χ3v) is 4.53. The van der Waals surface area contributed by atoms with Gasteiger partial charge in [-0.2, -0.15) is 0 Å². The number of nitrogens with zero attached hydrogens (tertiary/aromatic N) is 3. The minimum absolute atomic E-state index is 0.482. The summed E-state index contributed by atoms with van der Waals surface area (Å²) in [5, 5.41) is 14.8. The molecule has 0 fully saturated rings. The van der Waals surface area contributed by atoms with Crippen LogP contribution in [-0.2, 0) is 6.54 Å². The van der Waals surface area contributed by atoms with Gasteiger partial charge in [0.25, 0.3) is 0 Å². The molecular formula is C17H23AsN4O. The number of fused-ring (bicyclic) bond motifs is 3. The molecule has 3 aromatic rings. The van der Waals surface area contributed by atoms with Crippen molar-refractivity contribution in [2.45, 2.75) is 39.3 Å². The summed E-state index contributed by atoms with van der Waals surface area (Å²) in [6, 6.07) is 8.12. The summed E-state index contributed by atoms with van der Waals surface area (Å²) >= 11 is 1.47. The molecule has 0 aliphatic carbocycles. The molecule has 2 N–H and O–H groups in total. The molecule has 1 atom stereocenters. The Labute approximate surface area is 144 Å². The first kappa shape index (κ1) is 16.3. The van der Waals surface area contributed by atoms with Crippen molar-refractivity contribution < 1.29 is 5.11 Å².